The third kappa shape index (κ3) is 3.08. The van der Waals surface area contributed by atoms with Gasteiger partial charge in [-0.1, -0.05) is 17.8 Å². The number of nitrogens with zero attached hydrogens (tertiary/aromatic N) is 1. The summed E-state index contributed by atoms with van der Waals surface area (Å²) in [4.78, 5) is 16.6. The van der Waals surface area contributed by atoms with Crippen LogP contribution in [0.1, 0.15) is 10.4 Å². The Hall–Kier alpha value is -1.53. The normalized spacial score (nSPS) is 10.2. The number of pyridine rings is 1. The molecule has 98 valence electrons. The lowest BCUT2D eigenvalue weighted by Gasteiger charge is -2.10. The number of nitrogens with two attached hydrogens (primary N) is 1. The Morgan fingerprint density at radius 2 is 2.16 bits per heavy atom. The van der Waals surface area contributed by atoms with Crippen molar-refractivity contribution in [2.24, 2.45) is 0 Å². The number of hydrogen-bond donors (Lipinski definition) is 1. The quantitative estimate of drug-likeness (QED) is 0.686. The Morgan fingerprint density at radius 1 is 1.37 bits per heavy atom. The summed E-state index contributed by atoms with van der Waals surface area (Å²) >= 11 is 4.74. The van der Waals surface area contributed by atoms with Gasteiger partial charge in [-0.3, -0.25) is 0 Å². The van der Waals surface area contributed by atoms with E-state index in [0.29, 0.717) is 16.1 Å². The fraction of sp³-hybridized carbons (Fsp3) is 0.0769. The van der Waals surface area contributed by atoms with Crippen molar-refractivity contribution in [3.05, 3.63) is 46.6 Å². The zero-order valence-corrected chi connectivity index (χ0v) is 12.5. The van der Waals surface area contributed by atoms with Crippen molar-refractivity contribution in [1.82, 2.24) is 4.98 Å². The van der Waals surface area contributed by atoms with E-state index in [1.54, 1.807) is 24.4 Å². The van der Waals surface area contributed by atoms with E-state index in [1.165, 1.54) is 18.9 Å². The standard InChI is InChI=1S/C13H11BrN2O2S/c1-18-13(17)8-4-2-6-10(15)11(8)19-12-9(14)5-3-7-16-12/h2-7H,15H2,1H3. The van der Waals surface area contributed by atoms with Gasteiger partial charge in [-0.05, 0) is 40.2 Å². The number of nitrogen functional groups attached to an aromatic ring is 1. The molecule has 0 aliphatic carbocycles. The van der Waals surface area contributed by atoms with Crippen LogP contribution < -0.4 is 5.73 Å². The molecule has 2 N–H and O–H groups in total. The van der Waals surface area contributed by atoms with Crippen LogP contribution in [0.15, 0.2) is 50.9 Å². The SMILES string of the molecule is COC(=O)c1cccc(N)c1Sc1ncccc1Br. The summed E-state index contributed by atoms with van der Waals surface area (Å²) in [5.74, 6) is -0.415. The number of aromatic nitrogens is 1. The van der Waals surface area contributed by atoms with Crippen LogP contribution >= 0.6 is 27.7 Å². The highest BCUT2D eigenvalue weighted by molar-refractivity contribution is 9.10. The number of ether oxygens (including phenoxy) is 1. The number of anilines is 1. The topological polar surface area (TPSA) is 65.2 Å². The molecule has 0 bridgehead atoms. The molecule has 2 rings (SSSR count). The highest BCUT2D eigenvalue weighted by Gasteiger charge is 2.16. The molecule has 1 heterocycles. The first kappa shape index (κ1) is 13.9. The van der Waals surface area contributed by atoms with Gasteiger partial charge in [0, 0.05) is 11.9 Å². The van der Waals surface area contributed by atoms with Gasteiger partial charge in [0.25, 0.3) is 0 Å². The summed E-state index contributed by atoms with van der Waals surface area (Å²) in [6.07, 6.45) is 1.68. The van der Waals surface area contributed by atoms with Gasteiger partial charge in [-0.25, -0.2) is 9.78 Å². The van der Waals surface area contributed by atoms with Gasteiger partial charge in [0.15, 0.2) is 0 Å². The van der Waals surface area contributed by atoms with E-state index in [-0.39, 0.29) is 0 Å². The molecule has 0 aliphatic rings. The Labute approximate surface area is 123 Å². The number of esters is 1. The summed E-state index contributed by atoms with van der Waals surface area (Å²) < 4.78 is 5.61. The molecule has 0 atom stereocenters. The molecule has 0 fully saturated rings. The minimum atomic E-state index is -0.415. The van der Waals surface area contributed by atoms with Crippen LogP contribution in [0, 0.1) is 0 Å². The van der Waals surface area contributed by atoms with E-state index in [4.69, 9.17) is 10.5 Å². The second kappa shape index (κ2) is 6.08. The lowest BCUT2D eigenvalue weighted by molar-refractivity contribution is 0.0597. The maximum atomic E-state index is 11.7. The molecule has 6 heteroatoms. The maximum Gasteiger partial charge on any atom is 0.339 e. The van der Waals surface area contributed by atoms with Crippen molar-refractivity contribution in [3.63, 3.8) is 0 Å². The average molecular weight is 339 g/mol. The Kier molecular flexibility index (Phi) is 4.44. The van der Waals surface area contributed by atoms with Crippen LogP contribution in [-0.4, -0.2) is 18.1 Å². The molecule has 0 spiro atoms. The van der Waals surface area contributed by atoms with Crippen LogP contribution in [0.3, 0.4) is 0 Å². The molecule has 0 amide bonds. The van der Waals surface area contributed by atoms with Gasteiger partial charge in [0.1, 0.15) is 5.03 Å². The molecule has 0 aliphatic heterocycles. The molecule has 0 saturated carbocycles. The van der Waals surface area contributed by atoms with E-state index < -0.39 is 5.97 Å². The summed E-state index contributed by atoms with van der Waals surface area (Å²) in [6, 6.07) is 8.85. The third-order valence-electron chi connectivity index (χ3n) is 2.37. The van der Waals surface area contributed by atoms with Crippen molar-refractivity contribution in [3.8, 4) is 0 Å². The lowest BCUT2D eigenvalue weighted by atomic mass is 10.2. The monoisotopic (exact) mass is 338 g/mol. The van der Waals surface area contributed by atoms with E-state index >= 15 is 0 Å². The molecule has 0 unspecified atom stereocenters. The first-order chi connectivity index (χ1) is 9.13. The summed E-state index contributed by atoms with van der Waals surface area (Å²) in [5, 5.41) is 0.741. The predicted molar refractivity (Wildman–Crippen MR) is 78.3 cm³/mol. The second-order valence-corrected chi connectivity index (χ2v) is 5.46. The fourth-order valence-electron chi connectivity index (χ4n) is 1.48. The number of methoxy groups -OCH3 is 1. The van der Waals surface area contributed by atoms with E-state index in [2.05, 4.69) is 20.9 Å². The number of hydrogen-bond acceptors (Lipinski definition) is 5. The first-order valence-corrected chi connectivity index (χ1v) is 6.99. The molecule has 1 aromatic carbocycles. The number of carbonyl (C=O) groups excluding carboxylic acids is 1. The minimum Gasteiger partial charge on any atom is -0.465 e. The van der Waals surface area contributed by atoms with Crippen LogP contribution in [-0.2, 0) is 4.74 Å². The van der Waals surface area contributed by atoms with Gasteiger partial charge in [0.05, 0.1) is 22.0 Å². The average Bonchev–Trinajstić information content (AvgIpc) is 2.42. The summed E-state index contributed by atoms with van der Waals surface area (Å²) in [6.45, 7) is 0. The van der Waals surface area contributed by atoms with Gasteiger partial charge < -0.3 is 10.5 Å². The molecule has 0 saturated heterocycles. The van der Waals surface area contributed by atoms with E-state index in [9.17, 15) is 4.79 Å². The molecule has 19 heavy (non-hydrogen) atoms. The van der Waals surface area contributed by atoms with Crippen molar-refractivity contribution < 1.29 is 9.53 Å². The minimum absolute atomic E-state index is 0.415. The first-order valence-electron chi connectivity index (χ1n) is 5.38. The van der Waals surface area contributed by atoms with E-state index in [1.807, 2.05) is 12.1 Å². The molecule has 0 radical (unpaired) electrons. The largest absolute Gasteiger partial charge is 0.465 e. The van der Waals surface area contributed by atoms with Crippen LogP contribution in [0.25, 0.3) is 0 Å². The highest BCUT2D eigenvalue weighted by atomic mass is 79.9. The molecular weight excluding hydrogens is 328 g/mol. The van der Waals surface area contributed by atoms with Gasteiger partial charge in [-0.15, -0.1) is 0 Å². The number of carbonyl (C=O) groups is 1. The molecule has 4 nitrogen and oxygen atoms in total. The Balaban J connectivity index is 2.45. The number of halogens is 1. The molecular formula is C13H11BrN2O2S. The fourth-order valence-corrected chi connectivity index (χ4v) is 2.90. The zero-order chi connectivity index (χ0) is 13.8. The van der Waals surface area contributed by atoms with Crippen LogP contribution in [0.2, 0.25) is 0 Å². The Bertz CT molecular complexity index is 619. The third-order valence-corrected chi connectivity index (χ3v) is 4.46. The van der Waals surface area contributed by atoms with Crippen molar-refractivity contribution >= 4 is 39.3 Å². The zero-order valence-electron chi connectivity index (χ0n) is 10.1. The Morgan fingerprint density at radius 3 is 2.84 bits per heavy atom. The smallest absolute Gasteiger partial charge is 0.339 e. The van der Waals surface area contributed by atoms with Crippen molar-refractivity contribution in [2.75, 3.05) is 12.8 Å². The van der Waals surface area contributed by atoms with Gasteiger partial charge in [-0.2, -0.15) is 0 Å². The van der Waals surface area contributed by atoms with Gasteiger partial charge >= 0.3 is 5.97 Å². The van der Waals surface area contributed by atoms with E-state index in [0.717, 1.165) is 9.50 Å². The highest BCUT2D eigenvalue weighted by Crippen LogP contribution is 2.37. The van der Waals surface area contributed by atoms with Crippen molar-refractivity contribution in [2.45, 2.75) is 9.92 Å². The second-order valence-electron chi connectivity index (χ2n) is 3.61. The van der Waals surface area contributed by atoms with Crippen LogP contribution in [0.4, 0.5) is 5.69 Å². The number of rotatable bonds is 3. The van der Waals surface area contributed by atoms with Gasteiger partial charge in [0.2, 0.25) is 0 Å². The molecule has 2 aromatic rings. The predicted octanol–water partition coefficient (Wildman–Crippen LogP) is 3.36. The summed E-state index contributed by atoms with van der Waals surface area (Å²) in [7, 11) is 1.34. The van der Waals surface area contributed by atoms with Crippen molar-refractivity contribution in [1.29, 1.82) is 0 Å². The number of benzene rings is 1. The van der Waals surface area contributed by atoms with Crippen LogP contribution in [0.5, 0.6) is 0 Å². The summed E-state index contributed by atoms with van der Waals surface area (Å²) in [5.41, 5.74) is 6.89. The maximum absolute atomic E-state index is 11.7. The lowest BCUT2D eigenvalue weighted by Crippen LogP contribution is -2.05. The molecule has 1 aromatic heterocycles.